The van der Waals surface area contributed by atoms with Crippen molar-refractivity contribution in [3.8, 4) is 0 Å². The standard InChI is InChI=1S/C11H12BrN3O2/c1-3-15-8(10(13)16)4-6-7(12)5-14(2)11(17)9(6)15/h4-5H,3H2,1-2H3,(H2,13,16). The number of carbonyl (C=O) groups is 1. The SMILES string of the molecule is CCn1c(C(N)=O)cc2c(Br)cn(C)c(=O)c21. The summed E-state index contributed by atoms with van der Waals surface area (Å²) in [5.74, 6) is -0.531. The highest BCUT2D eigenvalue weighted by atomic mass is 79.9. The Hall–Kier alpha value is -1.56. The second-order valence-electron chi connectivity index (χ2n) is 3.79. The minimum Gasteiger partial charge on any atom is -0.364 e. The summed E-state index contributed by atoms with van der Waals surface area (Å²) in [4.78, 5) is 23.4. The van der Waals surface area contributed by atoms with Gasteiger partial charge in [-0.1, -0.05) is 0 Å². The first kappa shape index (κ1) is 11.9. The molecule has 0 atom stereocenters. The lowest BCUT2D eigenvalue weighted by atomic mass is 10.3. The maximum atomic E-state index is 12.1. The fraction of sp³-hybridized carbons (Fsp3) is 0.273. The molecule has 0 unspecified atom stereocenters. The van der Waals surface area contributed by atoms with Gasteiger partial charge in [0.25, 0.3) is 11.5 Å². The molecule has 0 aromatic carbocycles. The summed E-state index contributed by atoms with van der Waals surface area (Å²) < 4.78 is 3.89. The van der Waals surface area contributed by atoms with Crippen LogP contribution in [-0.4, -0.2) is 15.0 Å². The van der Waals surface area contributed by atoms with Crippen LogP contribution in [0.15, 0.2) is 21.5 Å². The van der Waals surface area contributed by atoms with E-state index in [2.05, 4.69) is 15.9 Å². The van der Waals surface area contributed by atoms with Crippen LogP contribution in [0.1, 0.15) is 17.4 Å². The zero-order valence-electron chi connectivity index (χ0n) is 9.53. The molecule has 5 nitrogen and oxygen atoms in total. The number of fused-ring (bicyclic) bond motifs is 1. The first-order valence-electron chi connectivity index (χ1n) is 5.15. The summed E-state index contributed by atoms with van der Waals surface area (Å²) in [5, 5.41) is 0.712. The van der Waals surface area contributed by atoms with Crippen LogP contribution < -0.4 is 11.3 Å². The van der Waals surface area contributed by atoms with Crippen molar-refractivity contribution < 1.29 is 4.79 Å². The van der Waals surface area contributed by atoms with Crippen LogP contribution in [0, 0.1) is 0 Å². The average molecular weight is 298 g/mol. The number of nitrogens with zero attached hydrogens (tertiary/aromatic N) is 2. The monoisotopic (exact) mass is 297 g/mol. The molecule has 2 aromatic heterocycles. The summed E-state index contributed by atoms with van der Waals surface area (Å²) in [6.45, 7) is 2.39. The third kappa shape index (κ3) is 1.68. The van der Waals surface area contributed by atoms with Crippen molar-refractivity contribution in [3.63, 3.8) is 0 Å². The Kier molecular flexibility index (Phi) is 2.82. The van der Waals surface area contributed by atoms with Crippen molar-refractivity contribution in [1.82, 2.24) is 9.13 Å². The molecule has 0 aliphatic heterocycles. The van der Waals surface area contributed by atoms with Crippen molar-refractivity contribution in [2.75, 3.05) is 0 Å². The van der Waals surface area contributed by atoms with Crippen LogP contribution in [0.4, 0.5) is 0 Å². The van der Waals surface area contributed by atoms with E-state index < -0.39 is 5.91 Å². The van der Waals surface area contributed by atoms with Crippen LogP contribution in [0.2, 0.25) is 0 Å². The molecular weight excluding hydrogens is 286 g/mol. The number of rotatable bonds is 2. The number of halogens is 1. The molecule has 0 fully saturated rings. The minimum atomic E-state index is -0.531. The number of hydrogen-bond acceptors (Lipinski definition) is 2. The molecule has 17 heavy (non-hydrogen) atoms. The van der Waals surface area contributed by atoms with Gasteiger partial charge in [-0.25, -0.2) is 0 Å². The molecule has 0 aliphatic carbocycles. The number of aromatic nitrogens is 2. The first-order valence-corrected chi connectivity index (χ1v) is 5.94. The molecule has 2 heterocycles. The predicted octanol–water partition coefficient (Wildman–Crippen LogP) is 1.22. The zero-order chi connectivity index (χ0) is 12.7. The van der Waals surface area contributed by atoms with Gasteiger partial charge in [0.15, 0.2) is 0 Å². The topological polar surface area (TPSA) is 70.0 Å². The lowest BCUT2D eigenvalue weighted by Gasteiger charge is -2.05. The van der Waals surface area contributed by atoms with Gasteiger partial charge in [0, 0.05) is 29.6 Å². The number of pyridine rings is 1. The van der Waals surface area contributed by atoms with E-state index in [-0.39, 0.29) is 5.56 Å². The maximum absolute atomic E-state index is 12.1. The van der Waals surface area contributed by atoms with Gasteiger partial charge < -0.3 is 14.9 Å². The highest BCUT2D eigenvalue weighted by Crippen LogP contribution is 2.24. The maximum Gasteiger partial charge on any atom is 0.274 e. The van der Waals surface area contributed by atoms with E-state index in [1.807, 2.05) is 6.92 Å². The van der Waals surface area contributed by atoms with Gasteiger partial charge >= 0.3 is 0 Å². The third-order valence-electron chi connectivity index (χ3n) is 2.75. The van der Waals surface area contributed by atoms with Crippen molar-refractivity contribution >= 4 is 32.7 Å². The summed E-state index contributed by atoms with van der Waals surface area (Å²) in [5.41, 5.74) is 6.02. The molecular formula is C11H12BrN3O2. The molecule has 0 radical (unpaired) electrons. The number of carbonyl (C=O) groups excluding carboxylic acids is 1. The summed E-state index contributed by atoms with van der Waals surface area (Å²) >= 11 is 3.38. The van der Waals surface area contributed by atoms with Crippen LogP contribution >= 0.6 is 15.9 Å². The molecule has 1 amide bonds. The van der Waals surface area contributed by atoms with Gasteiger partial charge in [0.1, 0.15) is 11.2 Å². The Balaban J connectivity index is 3.02. The van der Waals surface area contributed by atoms with Crippen molar-refractivity contribution in [3.05, 3.63) is 32.8 Å². The van der Waals surface area contributed by atoms with E-state index in [0.717, 1.165) is 4.47 Å². The largest absolute Gasteiger partial charge is 0.364 e. The average Bonchev–Trinajstić information content (AvgIpc) is 2.65. The van der Waals surface area contributed by atoms with Gasteiger partial charge in [-0.15, -0.1) is 0 Å². The number of amides is 1. The Morgan fingerprint density at radius 1 is 1.53 bits per heavy atom. The van der Waals surface area contributed by atoms with E-state index in [9.17, 15) is 9.59 Å². The first-order chi connectivity index (χ1) is 7.97. The number of nitrogens with two attached hydrogens (primary N) is 1. The third-order valence-corrected chi connectivity index (χ3v) is 3.38. The molecule has 0 saturated carbocycles. The Labute approximate surface area is 106 Å². The Bertz CT molecular complexity index is 669. The number of aryl methyl sites for hydroxylation is 2. The van der Waals surface area contributed by atoms with Crippen molar-refractivity contribution in [2.45, 2.75) is 13.5 Å². The zero-order valence-corrected chi connectivity index (χ0v) is 11.1. The molecule has 2 N–H and O–H groups in total. The molecule has 2 aromatic rings. The smallest absolute Gasteiger partial charge is 0.274 e. The quantitative estimate of drug-likeness (QED) is 0.905. The second-order valence-corrected chi connectivity index (χ2v) is 4.65. The minimum absolute atomic E-state index is 0.141. The van der Waals surface area contributed by atoms with Gasteiger partial charge in [0.2, 0.25) is 0 Å². The van der Waals surface area contributed by atoms with Crippen LogP contribution in [0.3, 0.4) is 0 Å². The second kappa shape index (κ2) is 4.03. The van der Waals surface area contributed by atoms with E-state index in [1.54, 1.807) is 23.9 Å². The molecule has 2 rings (SSSR count). The predicted molar refractivity (Wildman–Crippen MR) is 69.1 cm³/mol. The Morgan fingerprint density at radius 3 is 2.71 bits per heavy atom. The highest BCUT2D eigenvalue weighted by Gasteiger charge is 2.17. The molecule has 6 heteroatoms. The van der Waals surface area contributed by atoms with Gasteiger partial charge in [0.05, 0.1) is 0 Å². The molecule has 0 aliphatic rings. The summed E-state index contributed by atoms with van der Waals surface area (Å²) in [6.07, 6.45) is 1.68. The van der Waals surface area contributed by atoms with E-state index in [0.29, 0.717) is 23.1 Å². The number of hydrogen-bond donors (Lipinski definition) is 1. The molecule has 0 spiro atoms. The van der Waals surface area contributed by atoms with Gasteiger partial charge in [-0.3, -0.25) is 9.59 Å². The summed E-state index contributed by atoms with van der Waals surface area (Å²) in [7, 11) is 1.67. The van der Waals surface area contributed by atoms with E-state index >= 15 is 0 Å². The van der Waals surface area contributed by atoms with Gasteiger partial charge in [-0.05, 0) is 28.9 Å². The van der Waals surface area contributed by atoms with Crippen LogP contribution in [0.5, 0.6) is 0 Å². The highest BCUT2D eigenvalue weighted by molar-refractivity contribution is 9.10. The molecule has 0 saturated heterocycles. The lowest BCUT2D eigenvalue weighted by Crippen LogP contribution is -2.21. The van der Waals surface area contributed by atoms with E-state index in [4.69, 9.17) is 5.73 Å². The van der Waals surface area contributed by atoms with Gasteiger partial charge in [-0.2, -0.15) is 0 Å². The fourth-order valence-corrected chi connectivity index (χ4v) is 2.57. The summed E-state index contributed by atoms with van der Waals surface area (Å²) in [6, 6.07) is 1.65. The van der Waals surface area contributed by atoms with Crippen molar-refractivity contribution in [2.24, 2.45) is 12.8 Å². The molecule has 0 bridgehead atoms. The van der Waals surface area contributed by atoms with Crippen LogP contribution in [-0.2, 0) is 13.6 Å². The van der Waals surface area contributed by atoms with Crippen LogP contribution in [0.25, 0.3) is 10.9 Å². The Morgan fingerprint density at radius 2 is 2.18 bits per heavy atom. The lowest BCUT2D eigenvalue weighted by molar-refractivity contribution is 0.0992. The fourth-order valence-electron chi connectivity index (χ4n) is 1.96. The van der Waals surface area contributed by atoms with E-state index in [1.165, 1.54) is 4.57 Å². The number of primary amides is 1. The van der Waals surface area contributed by atoms with Crippen molar-refractivity contribution in [1.29, 1.82) is 0 Å². The molecule has 90 valence electrons. The normalized spacial score (nSPS) is 11.0.